The van der Waals surface area contributed by atoms with Crippen molar-refractivity contribution >= 4 is 45.2 Å². The minimum atomic E-state index is -0.492. The normalized spacial score (nSPS) is 10.9. The standard InChI is InChI=1S/C25H20BrClN2O3/c1-2-31-23-14-18(11-19(15-28)25(30)29-21-9-4-3-5-10-21)13-22(26)24(23)32-16-17-7-6-8-20(27)12-17/h3-14H,2,16H2,1H3,(H,29,30)/b19-11+. The fourth-order valence-corrected chi connectivity index (χ4v) is 3.68. The first-order valence-corrected chi connectivity index (χ1v) is 11.0. The van der Waals surface area contributed by atoms with E-state index in [-0.39, 0.29) is 5.57 Å². The Hall–Kier alpha value is -3.27. The molecule has 0 radical (unpaired) electrons. The number of carbonyl (C=O) groups excluding carboxylic acids is 1. The molecule has 0 bridgehead atoms. The highest BCUT2D eigenvalue weighted by molar-refractivity contribution is 9.10. The zero-order chi connectivity index (χ0) is 22.9. The highest BCUT2D eigenvalue weighted by atomic mass is 79.9. The zero-order valence-electron chi connectivity index (χ0n) is 17.3. The van der Waals surface area contributed by atoms with Gasteiger partial charge in [-0.1, -0.05) is 41.9 Å². The van der Waals surface area contributed by atoms with Crippen LogP contribution < -0.4 is 14.8 Å². The second-order valence-corrected chi connectivity index (χ2v) is 7.96. The van der Waals surface area contributed by atoms with E-state index in [0.29, 0.717) is 45.5 Å². The smallest absolute Gasteiger partial charge is 0.266 e. The molecule has 1 N–H and O–H groups in total. The van der Waals surface area contributed by atoms with E-state index in [9.17, 15) is 10.1 Å². The summed E-state index contributed by atoms with van der Waals surface area (Å²) in [4.78, 5) is 12.5. The predicted octanol–water partition coefficient (Wildman–Crippen LogP) is 6.63. The Bertz CT molecular complexity index is 1170. The molecule has 3 aromatic rings. The van der Waals surface area contributed by atoms with Gasteiger partial charge in [0.05, 0.1) is 11.1 Å². The molecule has 0 atom stereocenters. The molecule has 0 aliphatic carbocycles. The Balaban J connectivity index is 1.85. The number of ether oxygens (including phenoxy) is 2. The van der Waals surface area contributed by atoms with Gasteiger partial charge in [-0.15, -0.1) is 0 Å². The summed E-state index contributed by atoms with van der Waals surface area (Å²) in [5, 5.41) is 12.9. The molecule has 0 aliphatic rings. The molecule has 0 unspecified atom stereocenters. The summed E-state index contributed by atoms with van der Waals surface area (Å²) in [6.45, 7) is 2.59. The summed E-state index contributed by atoms with van der Waals surface area (Å²) in [6.07, 6.45) is 1.51. The largest absolute Gasteiger partial charge is 0.490 e. The monoisotopic (exact) mass is 510 g/mol. The molecule has 3 aromatic carbocycles. The van der Waals surface area contributed by atoms with Crippen LogP contribution in [0.3, 0.4) is 0 Å². The van der Waals surface area contributed by atoms with Crippen LogP contribution in [0.4, 0.5) is 5.69 Å². The molecule has 0 fully saturated rings. The summed E-state index contributed by atoms with van der Waals surface area (Å²) in [5.74, 6) is 0.529. The van der Waals surface area contributed by atoms with E-state index in [1.807, 2.05) is 37.3 Å². The van der Waals surface area contributed by atoms with Gasteiger partial charge in [0.25, 0.3) is 5.91 Å². The van der Waals surface area contributed by atoms with Gasteiger partial charge >= 0.3 is 0 Å². The molecule has 162 valence electrons. The average Bonchev–Trinajstić information content (AvgIpc) is 2.78. The molecule has 0 saturated carbocycles. The van der Waals surface area contributed by atoms with Gasteiger partial charge in [-0.05, 0) is 76.5 Å². The fourth-order valence-electron chi connectivity index (χ4n) is 2.89. The number of para-hydroxylation sites is 1. The van der Waals surface area contributed by atoms with Crippen LogP contribution in [0.5, 0.6) is 11.5 Å². The second kappa shape index (κ2) is 11.4. The van der Waals surface area contributed by atoms with E-state index in [0.717, 1.165) is 5.56 Å². The van der Waals surface area contributed by atoms with Gasteiger partial charge in [0.15, 0.2) is 11.5 Å². The predicted molar refractivity (Wildman–Crippen MR) is 130 cm³/mol. The van der Waals surface area contributed by atoms with Crippen molar-refractivity contribution in [2.75, 3.05) is 11.9 Å². The number of nitriles is 1. The van der Waals surface area contributed by atoms with Crippen molar-refractivity contribution < 1.29 is 14.3 Å². The molecule has 1 amide bonds. The summed E-state index contributed by atoms with van der Waals surface area (Å²) < 4.78 is 12.4. The van der Waals surface area contributed by atoms with Gasteiger partial charge in [-0.2, -0.15) is 5.26 Å². The van der Waals surface area contributed by atoms with Crippen LogP contribution in [0.1, 0.15) is 18.1 Å². The van der Waals surface area contributed by atoms with Crippen LogP contribution in [0.2, 0.25) is 5.02 Å². The number of nitrogens with one attached hydrogen (secondary N) is 1. The van der Waals surface area contributed by atoms with Crippen LogP contribution in [0.15, 0.2) is 76.8 Å². The van der Waals surface area contributed by atoms with E-state index in [4.69, 9.17) is 21.1 Å². The molecule has 32 heavy (non-hydrogen) atoms. The first-order chi connectivity index (χ1) is 15.5. The SMILES string of the molecule is CCOc1cc(/C=C(\C#N)C(=O)Nc2ccccc2)cc(Br)c1OCc1cccc(Cl)c1. The Kier molecular flexibility index (Phi) is 8.32. The lowest BCUT2D eigenvalue weighted by Crippen LogP contribution is -2.13. The van der Waals surface area contributed by atoms with Gasteiger partial charge in [-0.25, -0.2) is 0 Å². The molecular formula is C25H20BrClN2O3. The summed E-state index contributed by atoms with van der Waals surface area (Å²) in [7, 11) is 0. The van der Waals surface area contributed by atoms with E-state index >= 15 is 0 Å². The van der Waals surface area contributed by atoms with Crippen molar-refractivity contribution in [2.24, 2.45) is 0 Å². The molecule has 0 aromatic heterocycles. The van der Waals surface area contributed by atoms with Crippen molar-refractivity contribution in [2.45, 2.75) is 13.5 Å². The zero-order valence-corrected chi connectivity index (χ0v) is 19.6. The van der Waals surface area contributed by atoms with Crippen molar-refractivity contribution in [3.05, 3.63) is 92.9 Å². The Morgan fingerprint density at radius 1 is 1.12 bits per heavy atom. The Labute approximate surface area is 200 Å². The van der Waals surface area contributed by atoms with E-state index < -0.39 is 5.91 Å². The van der Waals surface area contributed by atoms with Crippen LogP contribution >= 0.6 is 27.5 Å². The summed E-state index contributed by atoms with van der Waals surface area (Å²) in [5.41, 5.74) is 2.12. The third-order valence-electron chi connectivity index (χ3n) is 4.31. The van der Waals surface area contributed by atoms with Crippen LogP contribution in [0, 0.1) is 11.3 Å². The van der Waals surface area contributed by atoms with Gasteiger partial charge in [0.1, 0.15) is 18.2 Å². The highest BCUT2D eigenvalue weighted by Gasteiger charge is 2.15. The van der Waals surface area contributed by atoms with Crippen LogP contribution in [-0.2, 0) is 11.4 Å². The lowest BCUT2D eigenvalue weighted by atomic mass is 10.1. The molecular weight excluding hydrogens is 492 g/mol. The minimum Gasteiger partial charge on any atom is -0.490 e. The number of benzene rings is 3. The number of halogens is 2. The summed E-state index contributed by atoms with van der Waals surface area (Å²) >= 11 is 9.56. The second-order valence-electron chi connectivity index (χ2n) is 6.67. The number of amides is 1. The molecule has 0 heterocycles. The first kappa shape index (κ1) is 23.4. The van der Waals surface area contributed by atoms with Crippen molar-refractivity contribution in [1.29, 1.82) is 5.26 Å². The number of hydrogen-bond donors (Lipinski definition) is 1. The number of anilines is 1. The van der Waals surface area contributed by atoms with E-state index in [1.165, 1.54) is 6.08 Å². The van der Waals surface area contributed by atoms with Crippen molar-refractivity contribution in [3.63, 3.8) is 0 Å². The average molecular weight is 512 g/mol. The highest BCUT2D eigenvalue weighted by Crippen LogP contribution is 2.38. The van der Waals surface area contributed by atoms with Gasteiger partial charge < -0.3 is 14.8 Å². The first-order valence-electron chi connectivity index (χ1n) is 9.82. The minimum absolute atomic E-state index is 0.0317. The molecule has 5 nitrogen and oxygen atoms in total. The van der Waals surface area contributed by atoms with Crippen molar-refractivity contribution in [3.8, 4) is 17.6 Å². The molecule has 7 heteroatoms. The molecule has 0 spiro atoms. The van der Waals surface area contributed by atoms with Crippen molar-refractivity contribution in [1.82, 2.24) is 0 Å². The van der Waals surface area contributed by atoms with Gasteiger partial charge in [0, 0.05) is 10.7 Å². The lowest BCUT2D eigenvalue weighted by molar-refractivity contribution is -0.112. The molecule has 0 aliphatic heterocycles. The topological polar surface area (TPSA) is 71.3 Å². The van der Waals surface area contributed by atoms with E-state index in [2.05, 4.69) is 21.2 Å². The Morgan fingerprint density at radius 3 is 2.59 bits per heavy atom. The maximum Gasteiger partial charge on any atom is 0.266 e. The molecule has 3 rings (SSSR count). The third kappa shape index (κ3) is 6.36. The number of nitrogens with zero attached hydrogens (tertiary/aromatic N) is 1. The quantitative estimate of drug-likeness (QED) is 0.272. The summed E-state index contributed by atoms with van der Waals surface area (Å²) in [6, 6.07) is 21.8. The van der Waals surface area contributed by atoms with Crippen LogP contribution in [0.25, 0.3) is 6.08 Å². The maximum atomic E-state index is 12.5. The van der Waals surface area contributed by atoms with Gasteiger partial charge in [-0.3, -0.25) is 4.79 Å². The fraction of sp³-hybridized carbons (Fsp3) is 0.120. The Morgan fingerprint density at radius 2 is 1.91 bits per heavy atom. The number of carbonyl (C=O) groups is 1. The maximum absolute atomic E-state index is 12.5. The number of rotatable bonds is 8. The molecule has 0 saturated heterocycles. The van der Waals surface area contributed by atoms with E-state index in [1.54, 1.807) is 42.5 Å². The number of hydrogen-bond acceptors (Lipinski definition) is 4. The lowest BCUT2D eigenvalue weighted by Gasteiger charge is -2.15. The van der Waals surface area contributed by atoms with Crippen LogP contribution in [-0.4, -0.2) is 12.5 Å². The third-order valence-corrected chi connectivity index (χ3v) is 5.14. The van der Waals surface area contributed by atoms with Gasteiger partial charge in [0.2, 0.25) is 0 Å².